The van der Waals surface area contributed by atoms with Gasteiger partial charge < -0.3 is 10.1 Å². The van der Waals surface area contributed by atoms with Gasteiger partial charge in [0.25, 0.3) is 0 Å². The van der Waals surface area contributed by atoms with Crippen molar-refractivity contribution in [1.82, 2.24) is 5.32 Å². The van der Waals surface area contributed by atoms with Crippen LogP contribution in [-0.2, 0) is 0 Å². The maximum Gasteiger partial charge on any atom is 0.573 e. The number of rotatable bonds is 4. The molecule has 1 aliphatic carbocycles. The van der Waals surface area contributed by atoms with Crippen molar-refractivity contribution in [2.24, 2.45) is 5.92 Å². The van der Waals surface area contributed by atoms with Gasteiger partial charge in [0, 0.05) is 6.04 Å². The van der Waals surface area contributed by atoms with Crippen LogP contribution in [0.15, 0.2) is 24.3 Å². The number of hydrogen-bond donors (Lipinski definition) is 1. The molecule has 0 radical (unpaired) electrons. The Balaban J connectivity index is 2.11. The lowest BCUT2D eigenvalue weighted by Gasteiger charge is -2.45. The summed E-state index contributed by atoms with van der Waals surface area (Å²) in [5, 5.41) is 3.24. The van der Waals surface area contributed by atoms with Crippen molar-refractivity contribution < 1.29 is 17.9 Å². The quantitative estimate of drug-likeness (QED) is 0.903. The van der Waals surface area contributed by atoms with Crippen LogP contribution in [0.25, 0.3) is 0 Å². The van der Waals surface area contributed by atoms with Gasteiger partial charge in [0.05, 0.1) is 0 Å². The number of hydrogen-bond acceptors (Lipinski definition) is 2. The molecular formula is C14H18F3NO. The highest BCUT2D eigenvalue weighted by molar-refractivity contribution is 5.33. The van der Waals surface area contributed by atoms with E-state index in [4.69, 9.17) is 0 Å². The third-order valence-electron chi connectivity index (χ3n) is 3.90. The van der Waals surface area contributed by atoms with Gasteiger partial charge in [0.15, 0.2) is 0 Å². The van der Waals surface area contributed by atoms with Gasteiger partial charge in [0.2, 0.25) is 0 Å². The van der Waals surface area contributed by atoms with Crippen molar-refractivity contribution in [2.45, 2.75) is 38.1 Å². The van der Waals surface area contributed by atoms with Crippen LogP contribution in [0.5, 0.6) is 5.75 Å². The molecule has 1 N–H and O–H groups in total. The Kier molecular flexibility index (Phi) is 4.04. The SMILES string of the molecule is CCC1C(NC)CC1c1cccc(OC(F)(F)F)c1. The molecule has 1 fully saturated rings. The van der Waals surface area contributed by atoms with Gasteiger partial charge in [-0.25, -0.2) is 0 Å². The molecule has 0 aliphatic heterocycles. The fraction of sp³-hybridized carbons (Fsp3) is 0.571. The standard InChI is InChI=1S/C14H18F3NO/c1-3-11-12(8-13(11)18-2)9-5-4-6-10(7-9)19-14(15,16)17/h4-7,11-13,18H,3,8H2,1-2H3. The van der Waals surface area contributed by atoms with Gasteiger partial charge in [-0.3, -0.25) is 0 Å². The lowest BCUT2D eigenvalue weighted by molar-refractivity contribution is -0.274. The third kappa shape index (κ3) is 3.21. The molecule has 1 aromatic rings. The van der Waals surface area contributed by atoms with E-state index in [1.807, 2.05) is 13.1 Å². The molecule has 2 nitrogen and oxygen atoms in total. The van der Waals surface area contributed by atoms with Gasteiger partial charge in [-0.1, -0.05) is 25.5 Å². The topological polar surface area (TPSA) is 21.3 Å². The molecule has 2 rings (SSSR count). The average Bonchev–Trinajstić information content (AvgIpc) is 2.27. The van der Waals surface area contributed by atoms with E-state index in [-0.39, 0.29) is 5.75 Å². The Morgan fingerprint density at radius 3 is 2.68 bits per heavy atom. The van der Waals surface area contributed by atoms with E-state index in [0.717, 1.165) is 18.4 Å². The summed E-state index contributed by atoms with van der Waals surface area (Å²) in [6.07, 6.45) is -2.65. The molecule has 0 saturated heterocycles. The zero-order valence-corrected chi connectivity index (χ0v) is 11.0. The summed E-state index contributed by atoms with van der Waals surface area (Å²) in [6, 6.07) is 6.80. The van der Waals surface area contributed by atoms with Crippen molar-refractivity contribution in [1.29, 1.82) is 0 Å². The monoisotopic (exact) mass is 273 g/mol. The van der Waals surface area contributed by atoms with Crippen LogP contribution in [0, 0.1) is 5.92 Å². The van der Waals surface area contributed by atoms with E-state index in [9.17, 15) is 13.2 Å². The molecular weight excluding hydrogens is 255 g/mol. The number of alkyl halides is 3. The van der Waals surface area contributed by atoms with Gasteiger partial charge in [-0.05, 0) is 43.0 Å². The summed E-state index contributed by atoms with van der Waals surface area (Å²) in [5.41, 5.74) is 0.931. The predicted molar refractivity (Wildman–Crippen MR) is 67.1 cm³/mol. The number of halogens is 3. The second kappa shape index (κ2) is 5.41. The first-order valence-electron chi connectivity index (χ1n) is 6.47. The Morgan fingerprint density at radius 1 is 1.37 bits per heavy atom. The smallest absolute Gasteiger partial charge is 0.406 e. The van der Waals surface area contributed by atoms with Crippen molar-refractivity contribution in [2.75, 3.05) is 7.05 Å². The summed E-state index contributed by atoms with van der Waals surface area (Å²) in [4.78, 5) is 0. The highest BCUT2D eigenvalue weighted by Crippen LogP contribution is 2.45. The van der Waals surface area contributed by atoms with Crippen LogP contribution in [0.4, 0.5) is 13.2 Å². The average molecular weight is 273 g/mol. The van der Waals surface area contributed by atoms with E-state index in [1.165, 1.54) is 12.1 Å². The molecule has 0 aromatic heterocycles. The number of ether oxygens (including phenoxy) is 1. The summed E-state index contributed by atoms with van der Waals surface area (Å²) >= 11 is 0. The Labute approximate surface area is 111 Å². The molecule has 1 aromatic carbocycles. The first-order valence-corrected chi connectivity index (χ1v) is 6.47. The van der Waals surface area contributed by atoms with Crippen molar-refractivity contribution in [3.63, 3.8) is 0 Å². The molecule has 1 aliphatic rings. The largest absolute Gasteiger partial charge is 0.573 e. The van der Waals surface area contributed by atoms with Crippen LogP contribution >= 0.6 is 0 Å². The van der Waals surface area contributed by atoms with Crippen LogP contribution in [0.2, 0.25) is 0 Å². The first kappa shape index (κ1) is 14.2. The second-order valence-corrected chi connectivity index (χ2v) is 4.93. The van der Waals surface area contributed by atoms with Gasteiger partial charge in [-0.2, -0.15) is 0 Å². The number of benzene rings is 1. The highest BCUT2D eigenvalue weighted by atomic mass is 19.4. The fourth-order valence-electron chi connectivity index (χ4n) is 2.93. The van der Waals surface area contributed by atoms with Crippen LogP contribution in [-0.4, -0.2) is 19.5 Å². The minimum Gasteiger partial charge on any atom is -0.406 e. The normalized spacial score (nSPS) is 26.9. The zero-order valence-electron chi connectivity index (χ0n) is 11.0. The molecule has 0 amide bonds. The van der Waals surface area contributed by atoms with Gasteiger partial charge >= 0.3 is 6.36 Å². The Bertz CT molecular complexity index is 433. The Hall–Kier alpha value is -1.23. The van der Waals surface area contributed by atoms with E-state index < -0.39 is 6.36 Å². The summed E-state index contributed by atoms with van der Waals surface area (Å²) < 4.78 is 40.6. The third-order valence-corrected chi connectivity index (χ3v) is 3.90. The molecule has 0 bridgehead atoms. The summed E-state index contributed by atoms with van der Waals surface area (Å²) in [7, 11) is 1.92. The van der Waals surface area contributed by atoms with E-state index in [0.29, 0.717) is 17.9 Å². The molecule has 19 heavy (non-hydrogen) atoms. The molecule has 0 spiro atoms. The minimum atomic E-state index is -4.63. The van der Waals surface area contributed by atoms with Gasteiger partial charge in [-0.15, -0.1) is 13.2 Å². The Morgan fingerprint density at radius 2 is 2.11 bits per heavy atom. The minimum absolute atomic E-state index is 0.132. The van der Waals surface area contributed by atoms with Crippen LogP contribution < -0.4 is 10.1 Å². The summed E-state index contributed by atoms with van der Waals surface area (Å²) in [5.74, 6) is 0.665. The zero-order chi connectivity index (χ0) is 14.0. The van der Waals surface area contributed by atoms with Crippen LogP contribution in [0.3, 0.4) is 0 Å². The fourth-order valence-corrected chi connectivity index (χ4v) is 2.93. The molecule has 3 unspecified atom stereocenters. The lowest BCUT2D eigenvalue weighted by Crippen LogP contribution is -2.47. The predicted octanol–water partition coefficient (Wildman–Crippen LogP) is 3.69. The first-order chi connectivity index (χ1) is 8.94. The molecule has 106 valence electrons. The van der Waals surface area contributed by atoms with E-state index >= 15 is 0 Å². The number of nitrogens with one attached hydrogen (secondary N) is 1. The van der Waals surface area contributed by atoms with Crippen LogP contribution in [0.1, 0.15) is 31.2 Å². The molecule has 0 heterocycles. The molecule has 5 heteroatoms. The van der Waals surface area contributed by atoms with Crippen molar-refractivity contribution in [3.05, 3.63) is 29.8 Å². The highest BCUT2D eigenvalue weighted by Gasteiger charge is 2.39. The maximum absolute atomic E-state index is 12.2. The van der Waals surface area contributed by atoms with E-state index in [1.54, 1.807) is 6.07 Å². The lowest BCUT2D eigenvalue weighted by atomic mass is 9.65. The van der Waals surface area contributed by atoms with E-state index in [2.05, 4.69) is 17.0 Å². The maximum atomic E-state index is 12.2. The van der Waals surface area contributed by atoms with Crippen molar-refractivity contribution >= 4 is 0 Å². The molecule has 3 atom stereocenters. The van der Waals surface area contributed by atoms with Gasteiger partial charge in [0.1, 0.15) is 5.75 Å². The van der Waals surface area contributed by atoms with Crippen molar-refractivity contribution in [3.8, 4) is 5.75 Å². The summed E-state index contributed by atoms with van der Waals surface area (Å²) in [6.45, 7) is 2.11. The molecule has 1 saturated carbocycles. The second-order valence-electron chi connectivity index (χ2n) is 4.93.